The van der Waals surface area contributed by atoms with Gasteiger partial charge in [0.1, 0.15) is 23.4 Å². The van der Waals surface area contributed by atoms with Gasteiger partial charge in [0.15, 0.2) is 0 Å². The molecule has 1 saturated heterocycles. The number of piperidine rings is 1. The lowest BCUT2D eigenvalue weighted by molar-refractivity contribution is -0.307. The molecule has 1 fully saturated rings. The normalized spacial score (nSPS) is 15.3. The number of ether oxygens (including phenoxy) is 2. The van der Waals surface area contributed by atoms with Crippen LogP contribution in [0.3, 0.4) is 0 Å². The number of anilines is 1. The molecule has 32 heavy (non-hydrogen) atoms. The molecule has 1 aliphatic rings. The number of nitrogens with two attached hydrogens (primary N) is 1. The maximum atomic E-state index is 12.0. The number of halogens is 1. The van der Waals surface area contributed by atoms with Crippen LogP contribution in [0.5, 0.6) is 11.5 Å². The topological polar surface area (TPSA) is 124 Å². The highest BCUT2D eigenvalue weighted by Gasteiger charge is 2.20. The van der Waals surface area contributed by atoms with Crippen molar-refractivity contribution in [2.24, 2.45) is 5.73 Å². The molecule has 2 aromatic carbocycles. The fraction of sp³-hybridized carbons (Fsp3) is 0.391. The number of carbonyl (C=O) groups is 1. The quantitative estimate of drug-likeness (QED) is 0.386. The highest BCUT2D eigenvalue weighted by atomic mass is 35.5. The van der Waals surface area contributed by atoms with Crippen molar-refractivity contribution in [1.29, 1.82) is 5.41 Å². The Bertz CT molecular complexity index is 915. The number of hydrogen-bond acceptors (Lipinski definition) is 7. The number of nitrogens with one attached hydrogen (secondary N) is 2. The van der Waals surface area contributed by atoms with Gasteiger partial charge in [-0.2, -0.15) is 0 Å². The molecule has 0 saturated carbocycles. The molecular formula is C23H30ClN4O4-. The van der Waals surface area contributed by atoms with Crippen LogP contribution in [-0.4, -0.2) is 49.6 Å². The number of nitrogen functional groups attached to an aromatic ring is 1. The lowest BCUT2D eigenvalue weighted by atomic mass is 10.0. The summed E-state index contributed by atoms with van der Waals surface area (Å²) in [5, 5.41) is 22.4. The maximum Gasteiger partial charge on any atom is 0.123 e. The molecule has 0 amide bonds. The molecule has 0 aromatic heterocycles. The van der Waals surface area contributed by atoms with Crippen molar-refractivity contribution in [2.45, 2.75) is 31.9 Å². The van der Waals surface area contributed by atoms with E-state index in [0.29, 0.717) is 34.9 Å². The molecule has 174 valence electrons. The standard InChI is InChI=1S/C23H30N4O4.ClH/c1-3-30-19-12-16(13-20(14-19)31-18-8-10-27(2)11-9-18)21(23(28)29)26-17-6-4-15(5-7-17)22(24)25;/h4-7,12-14,18,21,26H,3,8-11H2,1-2H3,(H3,24,25)(H,28,29);1H/p-1. The van der Waals surface area contributed by atoms with E-state index in [9.17, 15) is 9.90 Å². The Labute approximate surface area is 194 Å². The molecule has 0 aliphatic carbocycles. The maximum absolute atomic E-state index is 12.0. The average Bonchev–Trinajstić information content (AvgIpc) is 2.74. The third-order valence-corrected chi connectivity index (χ3v) is 5.26. The van der Waals surface area contributed by atoms with E-state index >= 15 is 0 Å². The van der Waals surface area contributed by atoms with Crippen molar-refractivity contribution >= 4 is 29.9 Å². The highest BCUT2D eigenvalue weighted by molar-refractivity contribution is 5.95. The number of likely N-dealkylation sites (tertiary alicyclic amines) is 1. The molecule has 0 radical (unpaired) electrons. The first-order chi connectivity index (χ1) is 14.9. The second kappa shape index (κ2) is 11.6. The summed E-state index contributed by atoms with van der Waals surface area (Å²) in [6.07, 6.45) is 1.90. The fourth-order valence-corrected chi connectivity index (χ4v) is 3.56. The van der Waals surface area contributed by atoms with Crippen LogP contribution in [0, 0.1) is 5.41 Å². The van der Waals surface area contributed by atoms with Gasteiger partial charge in [0.2, 0.25) is 0 Å². The largest absolute Gasteiger partial charge is 0.548 e. The highest BCUT2D eigenvalue weighted by Crippen LogP contribution is 2.30. The molecule has 0 bridgehead atoms. The predicted octanol–water partition coefficient (Wildman–Crippen LogP) is 2.17. The van der Waals surface area contributed by atoms with E-state index in [-0.39, 0.29) is 24.3 Å². The van der Waals surface area contributed by atoms with E-state index in [2.05, 4.69) is 17.3 Å². The molecule has 0 spiro atoms. The van der Waals surface area contributed by atoms with Gasteiger partial charge in [-0.15, -0.1) is 12.4 Å². The monoisotopic (exact) mass is 461 g/mol. The molecule has 4 N–H and O–H groups in total. The molecule has 1 atom stereocenters. The van der Waals surface area contributed by atoms with Crippen molar-refractivity contribution in [3.05, 3.63) is 53.6 Å². The van der Waals surface area contributed by atoms with E-state index in [1.807, 2.05) is 6.92 Å². The van der Waals surface area contributed by atoms with Crippen molar-refractivity contribution in [1.82, 2.24) is 4.90 Å². The molecule has 1 heterocycles. The first-order valence-electron chi connectivity index (χ1n) is 10.4. The number of hydrogen-bond donors (Lipinski definition) is 3. The Balaban J connectivity index is 0.00000363. The van der Waals surface area contributed by atoms with Crippen LogP contribution >= 0.6 is 12.4 Å². The molecular weight excluding hydrogens is 432 g/mol. The SMILES string of the molecule is CCOc1cc(OC2CCN(C)CC2)cc(C(Nc2ccc(C(=N)N)cc2)C(=O)[O-])c1.Cl. The summed E-state index contributed by atoms with van der Waals surface area (Å²) < 4.78 is 11.8. The van der Waals surface area contributed by atoms with E-state index in [0.717, 1.165) is 25.9 Å². The average molecular weight is 462 g/mol. The Morgan fingerprint density at radius 3 is 2.41 bits per heavy atom. The summed E-state index contributed by atoms with van der Waals surface area (Å²) in [6, 6.07) is 10.7. The summed E-state index contributed by atoms with van der Waals surface area (Å²) in [5.41, 5.74) is 7.08. The Hall–Kier alpha value is -2.97. The summed E-state index contributed by atoms with van der Waals surface area (Å²) in [4.78, 5) is 14.2. The van der Waals surface area contributed by atoms with Crippen LogP contribution < -0.4 is 25.6 Å². The summed E-state index contributed by atoms with van der Waals surface area (Å²) in [5.74, 6) is -0.198. The lowest BCUT2D eigenvalue weighted by Crippen LogP contribution is -2.36. The van der Waals surface area contributed by atoms with Gasteiger partial charge in [-0.25, -0.2) is 0 Å². The van der Waals surface area contributed by atoms with Gasteiger partial charge >= 0.3 is 0 Å². The van der Waals surface area contributed by atoms with Crippen LogP contribution in [0.2, 0.25) is 0 Å². The number of amidine groups is 1. The van der Waals surface area contributed by atoms with Crippen molar-refractivity contribution < 1.29 is 19.4 Å². The van der Waals surface area contributed by atoms with Crippen molar-refractivity contribution in [3.63, 3.8) is 0 Å². The fourth-order valence-electron chi connectivity index (χ4n) is 3.56. The van der Waals surface area contributed by atoms with Crippen LogP contribution in [0.15, 0.2) is 42.5 Å². The van der Waals surface area contributed by atoms with Crippen molar-refractivity contribution in [3.8, 4) is 11.5 Å². The van der Waals surface area contributed by atoms with E-state index in [1.54, 1.807) is 42.5 Å². The number of benzene rings is 2. The number of carboxylic acid groups (broad SMARTS) is 1. The summed E-state index contributed by atoms with van der Waals surface area (Å²) in [7, 11) is 2.09. The first-order valence-corrected chi connectivity index (χ1v) is 10.4. The molecule has 1 unspecified atom stereocenters. The third-order valence-electron chi connectivity index (χ3n) is 5.26. The second-order valence-electron chi connectivity index (χ2n) is 7.68. The van der Waals surface area contributed by atoms with Crippen LogP contribution in [-0.2, 0) is 4.79 Å². The lowest BCUT2D eigenvalue weighted by Gasteiger charge is -2.30. The zero-order valence-corrected chi connectivity index (χ0v) is 19.1. The Morgan fingerprint density at radius 1 is 1.22 bits per heavy atom. The number of nitrogens with zero attached hydrogens (tertiary/aromatic N) is 1. The van der Waals surface area contributed by atoms with Gasteiger partial charge in [0, 0.05) is 30.4 Å². The van der Waals surface area contributed by atoms with Crippen LogP contribution in [0.1, 0.15) is 36.9 Å². The second-order valence-corrected chi connectivity index (χ2v) is 7.68. The van der Waals surface area contributed by atoms with Gasteiger partial charge in [-0.3, -0.25) is 5.41 Å². The minimum atomic E-state index is -1.27. The zero-order valence-electron chi connectivity index (χ0n) is 18.3. The molecule has 1 aliphatic heterocycles. The molecule has 2 aromatic rings. The first kappa shape index (κ1) is 25.3. The van der Waals surface area contributed by atoms with Gasteiger partial charge in [0.05, 0.1) is 18.6 Å². The van der Waals surface area contributed by atoms with E-state index < -0.39 is 12.0 Å². The smallest absolute Gasteiger partial charge is 0.123 e. The summed E-state index contributed by atoms with van der Waals surface area (Å²) >= 11 is 0. The third kappa shape index (κ3) is 6.77. The van der Waals surface area contributed by atoms with Crippen molar-refractivity contribution in [2.75, 3.05) is 32.1 Å². The summed E-state index contributed by atoms with van der Waals surface area (Å²) in [6.45, 7) is 4.24. The van der Waals surface area contributed by atoms with Crippen LogP contribution in [0.4, 0.5) is 5.69 Å². The number of aliphatic carboxylic acids is 1. The van der Waals surface area contributed by atoms with Gasteiger partial charge < -0.3 is 35.3 Å². The van der Waals surface area contributed by atoms with Crippen LogP contribution in [0.25, 0.3) is 0 Å². The zero-order chi connectivity index (χ0) is 22.4. The van der Waals surface area contributed by atoms with Gasteiger partial charge in [-0.05, 0) is 68.8 Å². The van der Waals surface area contributed by atoms with Gasteiger partial charge in [0.25, 0.3) is 0 Å². The van der Waals surface area contributed by atoms with E-state index in [1.165, 1.54) is 0 Å². The molecule has 3 rings (SSSR count). The molecule has 9 heteroatoms. The number of carbonyl (C=O) groups excluding carboxylic acids is 1. The Kier molecular flexibility index (Phi) is 9.16. The minimum Gasteiger partial charge on any atom is -0.548 e. The minimum absolute atomic E-state index is 0. The Morgan fingerprint density at radius 2 is 1.84 bits per heavy atom. The number of carboxylic acids is 1. The van der Waals surface area contributed by atoms with E-state index in [4.69, 9.17) is 20.6 Å². The molecule has 8 nitrogen and oxygen atoms in total. The van der Waals surface area contributed by atoms with Gasteiger partial charge in [-0.1, -0.05) is 0 Å². The number of rotatable bonds is 9. The predicted molar refractivity (Wildman–Crippen MR) is 125 cm³/mol.